The first-order valence-corrected chi connectivity index (χ1v) is 9.33. The number of nitrogens with one attached hydrogen (secondary N) is 1. The molecule has 1 saturated carbocycles. The largest absolute Gasteiger partial charge is 0.314 e. The molecule has 0 bridgehead atoms. The topological polar surface area (TPSA) is 12.0 Å². The van der Waals surface area contributed by atoms with Gasteiger partial charge in [0.05, 0.1) is 0 Å². The van der Waals surface area contributed by atoms with Gasteiger partial charge in [0, 0.05) is 6.04 Å². The summed E-state index contributed by atoms with van der Waals surface area (Å²) in [5.41, 5.74) is 0.560. The molecule has 120 valence electrons. The molecule has 1 N–H and O–H groups in total. The Hall–Kier alpha value is -0.0400. The van der Waals surface area contributed by atoms with Crippen LogP contribution in [0.1, 0.15) is 98.3 Å². The van der Waals surface area contributed by atoms with E-state index in [0.29, 0.717) is 5.41 Å². The third kappa shape index (κ3) is 6.61. The number of hydrogen-bond donors (Lipinski definition) is 1. The van der Waals surface area contributed by atoms with Crippen molar-refractivity contribution in [2.75, 3.05) is 6.54 Å². The first-order valence-electron chi connectivity index (χ1n) is 9.33. The lowest BCUT2D eigenvalue weighted by molar-refractivity contribution is 0.137. The molecule has 20 heavy (non-hydrogen) atoms. The minimum absolute atomic E-state index is 0.560. The number of unbranched alkanes of at least 4 members (excludes halogenated alkanes) is 5. The van der Waals surface area contributed by atoms with Gasteiger partial charge in [-0.25, -0.2) is 0 Å². The zero-order valence-electron chi connectivity index (χ0n) is 14.6. The summed E-state index contributed by atoms with van der Waals surface area (Å²) >= 11 is 0. The van der Waals surface area contributed by atoms with Gasteiger partial charge in [-0.1, -0.05) is 66.2 Å². The molecule has 0 saturated heterocycles. The molecule has 0 heterocycles. The zero-order valence-corrected chi connectivity index (χ0v) is 14.6. The quantitative estimate of drug-likeness (QED) is 0.489. The molecule has 0 aliphatic heterocycles. The summed E-state index contributed by atoms with van der Waals surface area (Å²) < 4.78 is 0. The summed E-state index contributed by atoms with van der Waals surface area (Å²) in [6.07, 6.45) is 15.5. The number of rotatable bonds is 10. The molecule has 0 amide bonds. The van der Waals surface area contributed by atoms with Crippen molar-refractivity contribution in [1.29, 1.82) is 0 Å². The Balaban J connectivity index is 2.02. The molecule has 1 aliphatic carbocycles. The molecule has 0 spiro atoms. The van der Waals surface area contributed by atoms with Crippen molar-refractivity contribution in [3.63, 3.8) is 0 Å². The summed E-state index contributed by atoms with van der Waals surface area (Å²) in [6.45, 7) is 10.8. The van der Waals surface area contributed by atoms with E-state index < -0.39 is 0 Å². The van der Waals surface area contributed by atoms with Gasteiger partial charge in [0.15, 0.2) is 0 Å². The lowest BCUT2D eigenvalue weighted by atomic mass is 9.69. The monoisotopic (exact) mass is 281 g/mol. The summed E-state index contributed by atoms with van der Waals surface area (Å²) in [6, 6.07) is 0.814. The van der Waals surface area contributed by atoms with E-state index in [9.17, 15) is 0 Å². The summed E-state index contributed by atoms with van der Waals surface area (Å²) in [5.74, 6) is 0.958. The predicted octanol–water partition coefficient (Wildman–Crippen LogP) is 5.93. The van der Waals surface area contributed by atoms with Crippen LogP contribution < -0.4 is 5.32 Å². The van der Waals surface area contributed by atoms with Crippen LogP contribution >= 0.6 is 0 Å². The second-order valence-corrected chi connectivity index (χ2v) is 7.61. The first kappa shape index (κ1) is 18.0. The summed E-state index contributed by atoms with van der Waals surface area (Å²) in [7, 11) is 0. The van der Waals surface area contributed by atoms with E-state index >= 15 is 0 Å². The first-order chi connectivity index (χ1) is 9.60. The zero-order chi connectivity index (χ0) is 14.8. The fraction of sp³-hybridized carbons (Fsp3) is 1.00. The van der Waals surface area contributed by atoms with Crippen LogP contribution in [0.2, 0.25) is 0 Å². The van der Waals surface area contributed by atoms with Crippen LogP contribution in [-0.4, -0.2) is 12.6 Å². The summed E-state index contributed by atoms with van der Waals surface area (Å²) in [5, 5.41) is 3.80. The Morgan fingerprint density at radius 3 is 2.05 bits per heavy atom. The molecule has 1 aliphatic rings. The Morgan fingerprint density at radius 1 is 0.850 bits per heavy atom. The van der Waals surface area contributed by atoms with Gasteiger partial charge in [-0.2, -0.15) is 0 Å². The highest BCUT2D eigenvalue weighted by Gasteiger charge is 2.31. The van der Waals surface area contributed by atoms with Crippen molar-refractivity contribution in [3.05, 3.63) is 0 Å². The average molecular weight is 282 g/mol. The average Bonchev–Trinajstić information content (AvgIpc) is 2.47. The van der Waals surface area contributed by atoms with Crippen molar-refractivity contribution in [3.8, 4) is 0 Å². The lowest BCUT2D eigenvalue weighted by Gasteiger charge is -2.39. The Bertz CT molecular complexity index is 226. The SMILES string of the molecule is CCCCCCCCNC1CCC(C(C)(C)CC)CC1. The molecule has 0 unspecified atom stereocenters. The highest BCUT2D eigenvalue weighted by Crippen LogP contribution is 2.40. The van der Waals surface area contributed by atoms with Crippen LogP contribution in [0.4, 0.5) is 0 Å². The standard InChI is InChI=1S/C19H39N/c1-5-7-8-9-10-11-16-20-18-14-12-17(13-15-18)19(3,4)6-2/h17-18,20H,5-16H2,1-4H3. The molecular weight excluding hydrogens is 242 g/mol. The maximum Gasteiger partial charge on any atom is 0.00672 e. The van der Waals surface area contributed by atoms with Crippen molar-refractivity contribution in [2.45, 2.75) is 104 Å². The van der Waals surface area contributed by atoms with E-state index in [4.69, 9.17) is 0 Å². The van der Waals surface area contributed by atoms with Gasteiger partial charge < -0.3 is 5.32 Å². The van der Waals surface area contributed by atoms with E-state index in [1.165, 1.54) is 77.2 Å². The normalized spacial score (nSPS) is 24.0. The molecule has 0 radical (unpaired) electrons. The van der Waals surface area contributed by atoms with E-state index in [1.54, 1.807) is 0 Å². The maximum atomic E-state index is 3.80. The van der Waals surface area contributed by atoms with Gasteiger partial charge >= 0.3 is 0 Å². The molecule has 1 nitrogen and oxygen atoms in total. The van der Waals surface area contributed by atoms with Crippen LogP contribution in [0, 0.1) is 11.3 Å². The molecule has 0 aromatic rings. The molecule has 1 rings (SSSR count). The van der Waals surface area contributed by atoms with Crippen LogP contribution in [0.25, 0.3) is 0 Å². The third-order valence-corrected chi connectivity index (χ3v) is 5.71. The van der Waals surface area contributed by atoms with Gasteiger partial charge in [-0.3, -0.25) is 0 Å². The van der Waals surface area contributed by atoms with Crippen LogP contribution in [0.15, 0.2) is 0 Å². The van der Waals surface area contributed by atoms with Gasteiger partial charge in [-0.05, 0) is 50.0 Å². The van der Waals surface area contributed by atoms with E-state index in [2.05, 4.69) is 33.0 Å². The molecule has 1 heteroatoms. The fourth-order valence-electron chi connectivity index (χ4n) is 3.58. The Kier molecular flexibility index (Phi) is 8.84. The predicted molar refractivity (Wildman–Crippen MR) is 91.2 cm³/mol. The lowest BCUT2D eigenvalue weighted by Crippen LogP contribution is -2.37. The van der Waals surface area contributed by atoms with Gasteiger partial charge in [0.1, 0.15) is 0 Å². The van der Waals surface area contributed by atoms with Gasteiger partial charge in [-0.15, -0.1) is 0 Å². The molecule has 0 aromatic heterocycles. The highest BCUT2D eigenvalue weighted by molar-refractivity contribution is 4.84. The van der Waals surface area contributed by atoms with E-state index in [-0.39, 0.29) is 0 Å². The molecule has 1 fully saturated rings. The number of hydrogen-bond acceptors (Lipinski definition) is 1. The third-order valence-electron chi connectivity index (χ3n) is 5.71. The molecule has 0 atom stereocenters. The Labute approximate surface area is 128 Å². The smallest absolute Gasteiger partial charge is 0.00672 e. The van der Waals surface area contributed by atoms with Gasteiger partial charge in [0.2, 0.25) is 0 Å². The van der Waals surface area contributed by atoms with Crippen LogP contribution in [0.5, 0.6) is 0 Å². The fourth-order valence-corrected chi connectivity index (χ4v) is 3.58. The van der Waals surface area contributed by atoms with Crippen LogP contribution in [-0.2, 0) is 0 Å². The molecular formula is C19H39N. The minimum atomic E-state index is 0.560. The van der Waals surface area contributed by atoms with Crippen molar-refractivity contribution < 1.29 is 0 Å². The highest BCUT2D eigenvalue weighted by atomic mass is 14.9. The van der Waals surface area contributed by atoms with Gasteiger partial charge in [0.25, 0.3) is 0 Å². The molecule has 0 aromatic carbocycles. The maximum absolute atomic E-state index is 3.80. The Morgan fingerprint density at radius 2 is 1.45 bits per heavy atom. The van der Waals surface area contributed by atoms with Crippen molar-refractivity contribution in [1.82, 2.24) is 5.32 Å². The second-order valence-electron chi connectivity index (χ2n) is 7.61. The minimum Gasteiger partial charge on any atom is -0.314 e. The van der Waals surface area contributed by atoms with E-state index in [0.717, 1.165) is 12.0 Å². The van der Waals surface area contributed by atoms with Crippen LogP contribution in [0.3, 0.4) is 0 Å². The van der Waals surface area contributed by atoms with Crippen molar-refractivity contribution in [2.24, 2.45) is 11.3 Å². The summed E-state index contributed by atoms with van der Waals surface area (Å²) in [4.78, 5) is 0. The van der Waals surface area contributed by atoms with Crippen molar-refractivity contribution >= 4 is 0 Å². The van der Waals surface area contributed by atoms with E-state index in [1.807, 2.05) is 0 Å². The second kappa shape index (κ2) is 9.82.